The van der Waals surface area contributed by atoms with E-state index in [1.807, 2.05) is 0 Å². The summed E-state index contributed by atoms with van der Waals surface area (Å²) >= 11 is 0. The molecule has 0 heterocycles. The van der Waals surface area contributed by atoms with Gasteiger partial charge in [0.05, 0.1) is 4.92 Å². The van der Waals surface area contributed by atoms with E-state index in [1.165, 1.54) is 4.90 Å². The highest BCUT2D eigenvalue weighted by Crippen LogP contribution is 2.38. The summed E-state index contributed by atoms with van der Waals surface area (Å²) < 4.78 is 34.5. The number of aromatic hydroxyl groups is 1. The van der Waals surface area contributed by atoms with E-state index in [4.69, 9.17) is 4.55 Å². The van der Waals surface area contributed by atoms with Crippen LogP contribution in [0.5, 0.6) is 11.5 Å². The molecule has 0 aliphatic rings. The van der Waals surface area contributed by atoms with E-state index in [1.54, 1.807) is 19.9 Å². The zero-order valence-corrected chi connectivity index (χ0v) is 14.6. The van der Waals surface area contributed by atoms with Crippen LogP contribution in [0.2, 0.25) is 0 Å². The summed E-state index contributed by atoms with van der Waals surface area (Å²) in [6.45, 7) is 4.03. The van der Waals surface area contributed by atoms with Crippen molar-refractivity contribution in [2.24, 2.45) is 0 Å². The summed E-state index contributed by atoms with van der Waals surface area (Å²) in [6, 6.07) is 3.30. The molecule has 1 aromatic rings. The lowest BCUT2D eigenvalue weighted by molar-refractivity contribution is -0.385. The first-order valence-corrected chi connectivity index (χ1v) is 8.49. The van der Waals surface area contributed by atoms with Crippen molar-refractivity contribution in [3.05, 3.63) is 33.4 Å². The molecule has 1 rings (SSSR count). The number of carbonyl (C=O) groups excluding carboxylic acids is 1. The molecule has 12 heteroatoms. The van der Waals surface area contributed by atoms with Crippen LogP contribution in [0.15, 0.2) is 17.7 Å². The van der Waals surface area contributed by atoms with Crippen LogP contribution in [-0.4, -0.2) is 46.9 Å². The van der Waals surface area contributed by atoms with Crippen molar-refractivity contribution in [1.29, 1.82) is 5.26 Å². The molecule has 140 valence electrons. The quantitative estimate of drug-likeness (QED) is 0.230. The Morgan fingerprint density at radius 3 is 2.42 bits per heavy atom. The van der Waals surface area contributed by atoms with Gasteiger partial charge in [-0.2, -0.15) is 13.7 Å². The second kappa shape index (κ2) is 8.28. The lowest BCUT2D eigenvalue weighted by Crippen LogP contribution is -2.31. The van der Waals surface area contributed by atoms with Crippen molar-refractivity contribution in [3.8, 4) is 17.6 Å². The Bertz CT molecular complexity index is 898. The third-order valence-electron chi connectivity index (χ3n) is 3.18. The molecule has 0 aliphatic heterocycles. The van der Waals surface area contributed by atoms with Gasteiger partial charge in [-0.25, -0.2) is 0 Å². The smallest absolute Gasteiger partial charge is 0.446 e. The van der Waals surface area contributed by atoms with Gasteiger partial charge < -0.3 is 14.2 Å². The van der Waals surface area contributed by atoms with Crippen LogP contribution < -0.4 is 4.18 Å². The van der Waals surface area contributed by atoms with Crippen molar-refractivity contribution in [3.63, 3.8) is 0 Å². The van der Waals surface area contributed by atoms with Crippen LogP contribution in [0.4, 0.5) is 5.69 Å². The fourth-order valence-electron chi connectivity index (χ4n) is 2.00. The van der Waals surface area contributed by atoms with E-state index in [2.05, 4.69) is 4.18 Å². The fraction of sp³-hybridized carbons (Fsp3) is 0.286. The van der Waals surface area contributed by atoms with E-state index >= 15 is 0 Å². The largest absolute Gasteiger partial charge is 0.499 e. The Morgan fingerprint density at radius 2 is 2.00 bits per heavy atom. The highest BCUT2D eigenvalue weighted by molar-refractivity contribution is 7.81. The highest BCUT2D eigenvalue weighted by atomic mass is 32.3. The van der Waals surface area contributed by atoms with E-state index in [0.29, 0.717) is 13.1 Å². The molecule has 0 fully saturated rings. The van der Waals surface area contributed by atoms with Crippen molar-refractivity contribution >= 4 is 28.1 Å². The number of nitrogens with zero attached hydrogens (tertiary/aromatic N) is 3. The average molecular weight is 385 g/mol. The lowest BCUT2D eigenvalue weighted by atomic mass is 10.1. The van der Waals surface area contributed by atoms with Crippen molar-refractivity contribution in [2.75, 3.05) is 13.1 Å². The van der Waals surface area contributed by atoms with Crippen LogP contribution >= 0.6 is 0 Å². The monoisotopic (exact) mass is 385 g/mol. The average Bonchev–Trinajstić information content (AvgIpc) is 2.54. The van der Waals surface area contributed by atoms with Gasteiger partial charge in [0.2, 0.25) is 5.75 Å². The lowest BCUT2D eigenvalue weighted by Gasteiger charge is -2.17. The van der Waals surface area contributed by atoms with Crippen LogP contribution in [0, 0.1) is 21.4 Å². The summed E-state index contributed by atoms with van der Waals surface area (Å²) in [5.74, 6) is -2.70. The Morgan fingerprint density at radius 1 is 1.42 bits per heavy atom. The second-order valence-corrected chi connectivity index (χ2v) is 5.82. The summed E-state index contributed by atoms with van der Waals surface area (Å²) in [4.78, 5) is 23.5. The third-order valence-corrected chi connectivity index (χ3v) is 3.57. The fourth-order valence-corrected chi connectivity index (χ4v) is 2.36. The molecule has 0 aliphatic carbocycles. The maximum Gasteiger partial charge on any atom is 0.446 e. The van der Waals surface area contributed by atoms with E-state index < -0.39 is 38.4 Å². The molecule has 26 heavy (non-hydrogen) atoms. The molecule has 0 bridgehead atoms. The first-order valence-electron chi connectivity index (χ1n) is 7.13. The van der Waals surface area contributed by atoms with Gasteiger partial charge in [0.15, 0.2) is 5.75 Å². The molecular weight excluding hydrogens is 370 g/mol. The molecule has 2 N–H and O–H groups in total. The number of phenols is 1. The summed E-state index contributed by atoms with van der Waals surface area (Å²) in [6.07, 6.45) is 0.976. The van der Waals surface area contributed by atoms with Gasteiger partial charge in [-0.3, -0.25) is 19.5 Å². The minimum atomic E-state index is -5.07. The van der Waals surface area contributed by atoms with E-state index in [9.17, 15) is 33.7 Å². The normalized spacial score (nSPS) is 11.5. The van der Waals surface area contributed by atoms with Crippen molar-refractivity contribution < 1.29 is 32.0 Å². The molecule has 0 unspecified atom stereocenters. The number of rotatable bonds is 7. The molecule has 1 amide bonds. The summed E-state index contributed by atoms with van der Waals surface area (Å²) in [5.41, 5.74) is -1.47. The van der Waals surface area contributed by atoms with Gasteiger partial charge in [0.25, 0.3) is 5.91 Å². The number of phenolic OH excluding ortho intramolecular Hbond substituents is 1. The predicted octanol–water partition coefficient (Wildman–Crippen LogP) is 1.26. The number of nitro groups is 1. The Balaban J connectivity index is 3.54. The predicted molar refractivity (Wildman–Crippen MR) is 88.5 cm³/mol. The maximum absolute atomic E-state index is 12.2. The van der Waals surface area contributed by atoms with E-state index in [-0.39, 0.29) is 11.1 Å². The molecule has 0 radical (unpaired) electrons. The first-order chi connectivity index (χ1) is 12.0. The Labute approximate surface area is 148 Å². The van der Waals surface area contributed by atoms with Gasteiger partial charge in [-0.15, -0.1) is 0 Å². The standard InChI is InChI=1S/C14H15N3O8S/c1-3-16(4-2)14(19)10(8-15)5-9-6-11(17(20)21)13(18)12(7-9)25-26(22,23)24/h5-7,18H,3-4H2,1-2H3,(H,22,23,24)/b10-5-. The first kappa shape index (κ1) is 20.9. The number of amides is 1. The van der Waals surface area contributed by atoms with Gasteiger partial charge in [0, 0.05) is 19.2 Å². The number of carbonyl (C=O) groups is 1. The molecule has 0 saturated heterocycles. The second-order valence-electron chi connectivity index (χ2n) is 4.80. The number of likely N-dealkylation sites (N-methyl/N-ethyl adjacent to an activating group) is 1. The third kappa shape index (κ3) is 5.16. The minimum absolute atomic E-state index is 0.162. The molecule has 0 saturated carbocycles. The summed E-state index contributed by atoms with van der Waals surface area (Å²) in [7, 11) is -5.07. The zero-order chi connectivity index (χ0) is 20.1. The topological polar surface area (TPSA) is 171 Å². The van der Waals surface area contributed by atoms with Crippen LogP contribution in [0.3, 0.4) is 0 Å². The Hall–Kier alpha value is -3.17. The number of nitriles is 1. The van der Waals surface area contributed by atoms with E-state index in [0.717, 1.165) is 18.2 Å². The van der Waals surface area contributed by atoms with Gasteiger partial charge in [-0.05, 0) is 31.6 Å². The molecule has 11 nitrogen and oxygen atoms in total. The van der Waals surface area contributed by atoms with Crippen molar-refractivity contribution in [2.45, 2.75) is 13.8 Å². The number of benzene rings is 1. The molecular formula is C14H15N3O8S. The van der Waals surface area contributed by atoms with Crippen LogP contribution in [-0.2, 0) is 15.2 Å². The van der Waals surface area contributed by atoms with Crippen LogP contribution in [0.25, 0.3) is 6.08 Å². The van der Waals surface area contributed by atoms with Gasteiger partial charge in [0.1, 0.15) is 11.6 Å². The van der Waals surface area contributed by atoms with Crippen LogP contribution in [0.1, 0.15) is 19.4 Å². The summed E-state index contributed by atoms with van der Waals surface area (Å²) in [5, 5.41) is 29.9. The number of hydrogen-bond donors (Lipinski definition) is 2. The number of hydrogen-bond acceptors (Lipinski definition) is 8. The van der Waals surface area contributed by atoms with Gasteiger partial charge >= 0.3 is 16.1 Å². The molecule has 0 atom stereocenters. The molecule has 0 aromatic heterocycles. The van der Waals surface area contributed by atoms with Gasteiger partial charge in [-0.1, -0.05) is 0 Å². The minimum Gasteiger partial charge on any atom is -0.499 e. The zero-order valence-electron chi connectivity index (χ0n) is 13.7. The SMILES string of the molecule is CCN(CC)C(=O)/C(C#N)=C\c1cc(OS(=O)(=O)O)c(O)c([N+](=O)[O-])c1. The molecule has 1 aromatic carbocycles. The number of nitro benzene ring substituents is 1. The maximum atomic E-state index is 12.2. The highest BCUT2D eigenvalue weighted by Gasteiger charge is 2.24. The molecule has 0 spiro atoms. The Kier molecular flexibility index (Phi) is 6.64. The van der Waals surface area contributed by atoms with Crippen molar-refractivity contribution in [1.82, 2.24) is 4.90 Å².